The van der Waals surface area contributed by atoms with Gasteiger partial charge in [-0.25, -0.2) is 9.69 Å². The molecule has 3 rings (SSSR count). The van der Waals surface area contributed by atoms with Crippen LogP contribution < -0.4 is 19.7 Å². The monoisotopic (exact) mass is 438 g/mol. The second kappa shape index (κ2) is 8.94. The van der Waals surface area contributed by atoms with Crippen molar-refractivity contribution in [2.75, 3.05) is 18.6 Å². The first-order chi connectivity index (χ1) is 14.8. The van der Waals surface area contributed by atoms with Crippen molar-refractivity contribution in [3.8, 4) is 23.8 Å². The van der Waals surface area contributed by atoms with Crippen molar-refractivity contribution >= 4 is 41.2 Å². The second-order valence-corrected chi connectivity index (χ2v) is 7.16. The number of benzene rings is 2. The summed E-state index contributed by atoms with van der Waals surface area (Å²) in [5, 5.41) is 2.38. The zero-order valence-corrected chi connectivity index (χ0v) is 17.9. The minimum absolute atomic E-state index is 0.00948. The highest BCUT2D eigenvalue weighted by Crippen LogP contribution is 2.37. The molecule has 7 nitrogen and oxygen atoms in total. The normalized spacial score (nSPS) is 15.0. The van der Waals surface area contributed by atoms with Crippen LogP contribution in [0.2, 0.25) is 5.02 Å². The summed E-state index contributed by atoms with van der Waals surface area (Å²) >= 11 is 6.27. The van der Waals surface area contributed by atoms with Gasteiger partial charge in [0.2, 0.25) is 0 Å². The van der Waals surface area contributed by atoms with Gasteiger partial charge < -0.3 is 9.47 Å². The van der Waals surface area contributed by atoms with Crippen LogP contribution >= 0.6 is 11.6 Å². The largest absolute Gasteiger partial charge is 0.493 e. The van der Waals surface area contributed by atoms with Gasteiger partial charge in [-0.1, -0.05) is 23.6 Å². The van der Waals surface area contributed by atoms with Crippen LogP contribution in [0.15, 0.2) is 35.9 Å². The van der Waals surface area contributed by atoms with Crippen molar-refractivity contribution < 1.29 is 23.9 Å². The molecular formula is C23H19ClN2O5. The lowest BCUT2D eigenvalue weighted by Gasteiger charge is -2.27. The summed E-state index contributed by atoms with van der Waals surface area (Å²) in [7, 11) is 1.42. The fourth-order valence-corrected chi connectivity index (χ4v) is 3.27. The van der Waals surface area contributed by atoms with Crippen molar-refractivity contribution in [1.29, 1.82) is 0 Å². The Hall–Kier alpha value is -3.76. The molecule has 8 heteroatoms. The van der Waals surface area contributed by atoms with E-state index in [1.54, 1.807) is 24.3 Å². The molecule has 1 aliphatic rings. The van der Waals surface area contributed by atoms with E-state index in [1.165, 1.54) is 19.3 Å². The van der Waals surface area contributed by atoms with Gasteiger partial charge in [0.05, 0.1) is 17.8 Å². The summed E-state index contributed by atoms with van der Waals surface area (Å²) in [4.78, 5) is 38.8. The first-order valence-electron chi connectivity index (χ1n) is 9.19. The molecule has 1 saturated heterocycles. The number of ether oxygens (including phenoxy) is 2. The predicted octanol–water partition coefficient (Wildman–Crippen LogP) is 3.64. The van der Waals surface area contributed by atoms with Gasteiger partial charge in [-0.2, -0.15) is 0 Å². The molecule has 31 heavy (non-hydrogen) atoms. The van der Waals surface area contributed by atoms with Crippen LogP contribution in [0, 0.1) is 26.2 Å². The number of hydrogen-bond acceptors (Lipinski definition) is 5. The number of aryl methyl sites for hydroxylation is 2. The van der Waals surface area contributed by atoms with Crippen molar-refractivity contribution in [2.24, 2.45) is 0 Å². The maximum Gasteiger partial charge on any atom is 0.335 e. The van der Waals surface area contributed by atoms with Gasteiger partial charge >= 0.3 is 6.03 Å². The average Bonchev–Trinajstić information content (AvgIpc) is 2.72. The molecule has 1 aliphatic heterocycles. The Morgan fingerprint density at radius 3 is 2.55 bits per heavy atom. The van der Waals surface area contributed by atoms with E-state index in [9.17, 15) is 14.4 Å². The topological polar surface area (TPSA) is 84.9 Å². The van der Waals surface area contributed by atoms with Crippen molar-refractivity contribution in [1.82, 2.24) is 5.32 Å². The molecule has 158 valence electrons. The lowest BCUT2D eigenvalue weighted by molar-refractivity contribution is -0.122. The second-order valence-electron chi connectivity index (χ2n) is 6.75. The number of terminal acetylenes is 1. The number of amides is 4. The summed E-state index contributed by atoms with van der Waals surface area (Å²) < 4.78 is 10.7. The van der Waals surface area contributed by atoms with E-state index < -0.39 is 17.8 Å². The molecule has 0 aliphatic carbocycles. The number of anilines is 1. The molecule has 1 fully saturated rings. The third kappa shape index (κ3) is 4.39. The van der Waals surface area contributed by atoms with Gasteiger partial charge in [0.1, 0.15) is 12.2 Å². The van der Waals surface area contributed by atoms with Gasteiger partial charge in [0.15, 0.2) is 11.5 Å². The number of carbonyl (C=O) groups excluding carboxylic acids is 3. The fraction of sp³-hybridized carbons (Fsp3) is 0.174. The Morgan fingerprint density at radius 2 is 1.90 bits per heavy atom. The first-order valence-corrected chi connectivity index (χ1v) is 9.57. The van der Waals surface area contributed by atoms with Crippen molar-refractivity contribution in [2.45, 2.75) is 13.8 Å². The summed E-state index contributed by atoms with van der Waals surface area (Å²) in [6.45, 7) is 3.77. The summed E-state index contributed by atoms with van der Waals surface area (Å²) in [6.07, 6.45) is 6.54. The minimum Gasteiger partial charge on any atom is -0.493 e. The third-order valence-electron chi connectivity index (χ3n) is 4.71. The Labute approximate surface area is 184 Å². The van der Waals surface area contributed by atoms with E-state index in [4.69, 9.17) is 27.5 Å². The number of barbiturate groups is 1. The van der Waals surface area contributed by atoms with E-state index in [-0.39, 0.29) is 28.7 Å². The molecule has 2 aromatic rings. The number of methoxy groups -OCH3 is 1. The van der Waals surface area contributed by atoms with E-state index in [0.29, 0.717) is 11.3 Å². The average molecular weight is 439 g/mol. The quantitative estimate of drug-likeness (QED) is 0.437. The molecule has 0 spiro atoms. The number of imide groups is 2. The molecule has 2 aromatic carbocycles. The number of carbonyl (C=O) groups is 3. The lowest BCUT2D eigenvalue weighted by Crippen LogP contribution is -2.54. The number of urea groups is 1. The smallest absolute Gasteiger partial charge is 0.335 e. The summed E-state index contributed by atoms with van der Waals surface area (Å²) in [5.74, 6) is 1.30. The highest BCUT2D eigenvalue weighted by Gasteiger charge is 2.37. The van der Waals surface area contributed by atoms with Crippen LogP contribution in [0.3, 0.4) is 0 Å². The Kier molecular flexibility index (Phi) is 6.33. The molecule has 0 aromatic heterocycles. The number of nitrogens with zero attached hydrogens (tertiary/aromatic N) is 1. The van der Waals surface area contributed by atoms with Gasteiger partial charge in [-0.05, 0) is 60.9 Å². The minimum atomic E-state index is -0.816. The highest BCUT2D eigenvalue weighted by atomic mass is 35.5. The molecule has 0 radical (unpaired) electrons. The fourth-order valence-electron chi connectivity index (χ4n) is 3.00. The molecule has 1 heterocycles. The Morgan fingerprint density at radius 1 is 1.16 bits per heavy atom. The zero-order chi connectivity index (χ0) is 22.7. The van der Waals surface area contributed by atoms with Crippen LogP contribution in [0.1, 0.15) is 16.7 Å². The number of nitrogens with one attached hydrogen (secondary N) is 1. The molecule has 0 atom stereocenters. The van der Waals surface area contributed by atoms with Crippen LogP contribution in [-0.4, -0.2) is 31.6 Å². The Balaban J connectivity index is 2.03. The van der Waals surface area contributed by atoms with Crippen molar-refractivity contribution in [3.05, 3.63) is 57.6 Å². The number of halogens is 1. The van der Waals surface area contributed by atoms with E-state index in [2.05, 4.69) is 11.2 Å². The number of hydrogen-bond donors (Lipinski definition) is 1. The van der Waals surface area contributed by atoms with E-state index in [0.717, 1.165) is 16.0 Å². The molecule has 1 N–H and O–H groups in total. The highest BCUT2D eigenvalue weighted by molar-refractivity contribution is 6.39. The molecule has 0 bridgehead atoms. The van der Waals surface area contributed by atoms with Crippen LogP contribution in [0.4, 0.5) is 10.5 Å². The number of rotatable bonds is 5. The predicted molar refractivity (Wildman–Crippen MR) is 117 cm³/mol. The summed E-state index contributed by atoms with van der Waals surface area (Å²) in [5.41, 5.74) is 2.45. The summed E-state index contributed by atoms with van der Waals surface area (Å²) in [6, 6.07) is 7.37. The van der Waals surface area contributed by atoms with Gasteiger partial charge in [-0.3, -0.25) is 14.9 Å². The van der Waals surface area contributed by atoms with Crippen LogP contribution in [-0.2, 0) is 9.59 Å². The molecular weight excluding hydrogens is 420 g/mol. The van der Waals surface area contributed by atoms with Crippen LogP contribution in [0.5, 0.6) is 11.5 Å². The zero-order valence-electron chi connectivity index (χ0n) is 17.1. The van der Waals surface area contributed by atoms with E-state index >= 15 is 0 Å². The third-order valence-corrected chi connectivity index (χ3v) is 4.99. The SMILES string of the molecule is C#CCOc1c(Cl)cc(/C=C2\C(=O)NC(=O)N(c3ccc(C)c(C)c3)C2=O)cc1OC. The Bertz CT molecular complexity index is 1160. The van der Waals surface area contributed by atoms with Gasteiger partial charge in [0, 0.05) is 0 Å². The first kappa shape index (κ1) is 21.9. The standard InChI is InChI=1S/C23H19ClN2O5/c1-5-8-31-20-18(24)11-15(12-19(20)30-4)10-17-21(27)25-23(29)26(22(17)28)16-7-6-13(2)14(3)9-16/h1,6-7,9-12H,8H2,2-4H3,(H,25,27,29)/b17-10+. The molecule has 0 unspecified atom stereocenters. The lowest BCUT2D eigenvalue weighted by atomic mass is 10.0. The van der Waals surface area contributed by atoms with Gasteiger partial charge in [-0.15, -0.1) is 6.42 Å². The molecule has 4 amide bonds. The van der Waals surface area contributed by atoms with Crippen molar-refractivity contribution in [3.63, 3.8) is 0 Å². The van der Waals surface area contributed by atoms with Crippen LogP contribution in [0.25, 0.3) is 6.08 Å². The maximum atomic E-state index is 13.1. The molecule has 0 saturated carbocycles. The van der Waals surface area contributed by atoms with Gasteiger partial charge in [0.25, 0.3) is 11.8 Å². The maximum absolute atomic E-state index is 13.1. The van der Waals surface area contributed by atoms with E-state index in [1.807, 2.05) is 13.8 Å².